The molecule has 6 heteroatoms. The summed E-state index contributed by atoms with van der Waals surface area (Å²) in [4.78, 5) is 21.2. The summed E-state index contributed by atoms with van der Waals surface area (Å²) in [6.07, 6.45) is 7.60. The van der Waals surface area contributed by atoms with Crippen molar-refractivity contribution in [1.29, 1.82) is 0 Å². The number of hydrogen-bond acceptors (Lipinski definition) is 3. The van der Waals surface area contributed by atoms with Crippen molar-refractivity contribution >= 4 is 11.0 Å². The number of nitrogens with one attached hydrogen (secondary N) is 3. The molecule has 0 saturated carbocycles. The maximum atomic E-state index is 13.4. The Morgan fingerprint density at radius 1 is 1.19 bits per heavy atom. The number of pyridine rings is 1. The second-order valence-corrected chi connectivity index (χ2v) is 6.29. The van der Waals surface area contributed by atoms with E-state index >= 15 is 0 Å². The molecular weight excluding hydrogens is 331 g/mol. The third-order valence-electron chi connectivity index (χ3n) is 4.14. The Hall–Kier alpha value is -2.73. The van der Waals surface area contributed by atoms with Gasteiger partial charge in [0.15, 0.2) is 0 Å². The van der Waals surface area contributed by atoms with Crippen LogP contribution in [-0.2, 0) is 6.54 Å². The lowest BCUT2D eigenvalue weighted by atomic mass is 10.1. The van der Waals surface area contributed by atoms with E-state index in [1.165, 1.54) is 0 Å². The number of alkyl halides is 1. The van der Waals surface area contributed by atoms with Gasteiger partial charge >= 0.3 is 5.69 Å². The molecule has 26 heavy (non-hydrogen) atoms. The number of allylic oxidation sites excluding steroid dienone is 1. The van der Waals surface area contributed by atoms with E-state index in [1.54, 1.807) is 12.3 Å². The minimum Gasteiger partial charge on any atom is -0.309 e. The van der Waals surface area contributed by atoms with E-state index in [2.05, 4.69) is 26.3 Å². The van der Waals surface area contributed by atoms with Crippen molar-refractivity contribution in [3.8, 4) is 11.1 Å². The maximum absolute atomic E-state index is 13.4. The summed E-state index contributed by atoms with van der Waals surface area (Å²) < 4.78 is 13.4. The Kier molecular flexibility index (Phi) is 5.96. The lowest BCUT2D eigenvalue weighted by Crippen LogP contribution is -2.13. The molecule has 0 spiro atoms. The summed E-state index contributed by atoms with van der Waals surface area (Å²) in [5.74, 6) is 0. The number of halogens is 1. The number of rotatable bonds is 8. The summed E-state index contributed by atoms with van der Waals surface area (Å²) in [6, 6.07) is 7.82. The number of fused-ring (bicyclic) bond motifs is 1. The zero-order valence-corrected chi connectivity index (χ0v) is 14.8. The molecule has 0 aliphatic carbocycles. The van der Waals surface area contributed by atoms with Gasteiger partial charge in [0.1, 0.15) is 6.17 Å². The van der Waals surface area contributed by atoms with E-state index < -0.39 is 6.17 Å². The Labute approximate surface area is 151 Å². The minimum absolute atomic E-state index is 0.212. The number of imidazole rings is 1. The monoisotopic (exact) mass is 354 g/mol. The molecular formula is C20H23FN4O. The van der Waals surface area contributed by atoms with Crippen LogP contribution in [0.5, 0.6) is 0 Å². The van der Waals surface area contributed by atoms with Crippen LogP contribution in [0.1, 0.15) is 25.3 Å². The predicted molar refractivity (Wildman–Crippen MR) is 103 cm³/mol. The lowest BCUT2D eigenvalue weighted by molar-refractivity contribution is 0.375. The zero-order valence-electron chi connectivity index (χ0n) is 14.8. The third kappa shape index (κ3) is 4.67. The number of aromatic nitrogens is 3. The first kappa shape index (κ1) is 18.1. The van der Waals surface area contributed by atoms with E-state index in [0.717, 1.165) is 34.1 Å². The van der Waals surface area contributed by atoms with Gasteiger partial charge in [-0.25, -0.2) is 9.18 Å². The Morgan fingerprint density at radius 3 is 2.88 bits per heavy atom. The van der Waals surface area contributed by atoms with Crippen LogP contribution in [-0.4, -0.2) is 27.7 Å². The number of hydrogen-bond donors (Lipinski definition) is 3. The van der Waals surface area contributed by atoms with Gasteiger partial charge in [0.2, 0.25) is 0 Å². The van der Waals surface area contributed by atoms with Gasteiger partial charge < -0.3 is 15.3 Å². The fourth-order valence-corrected chi connectivity index (χ4v) is 2.84. The van der Waals surface area contributed by atoms with E-state index in [9.17, 15) is 9.18 Å². The third-order valence-corrected chi connectivity index (χ3v) is 4.14. The highest BCUT2D eigenvalue weighted by Crippen LogP contribution is 2.22. The molecule has 1 aromatic carbocycles. The first-order valence-electron chi connectivity index (χ1n) is 8.83. The molecule has 2 aromatic heterocycles. The standard InChI is InChI=1S/C20H23FN4O/c1-2-4-17(21)5-3-8-22-11-14-9-16(13-23-12-14)15-6-7-18-19(10-15)25-20(26)24-18/h3,5-7,9-10,12-13,17,22H,2,4,8,11H2,1H3,(H2,24,25,26)/b5-3-. The first-order chi connectivity index (χ1) is 12.7. The zero-order chi connectivity index (χ0) is 18.4. The largest absolute Gasteiger partial charge is 0.323 e. The van der Waals surface area contributed by atoms with Gasteiger partial charge in [-0.15, -0.1) is 0 Å². The van der Waals surface area contributed by atoms with Crippen LogP contribution in [0.4, 0.5) is 4.39 Å². The molecule has 3 N–H and O–H groups in total. The molecule has 0 fully saturated rings. The molecule has 1 unspecified atom stereocenters. The second-order valence-electron chi connectivity index (χ2n) is 6.29. The van der Waals surface area contributed by atoms with Crippen molar-refractivity contribution in [3.63, 3.8) is 0 Å². The summed E-state index contributed by atoms with van der Waals surface area (Å²) in [5, 5.41) is 3.26. The van der Waals surface area contributed by atoms with Crippen LogP contribution in [0.3, 0.4) is 0 Å². The Balaban J connectivity index is 1.63. The van der Waals surface area contributed by atoms with Gasteiger partial charge in [-0.05, 0) is 35.7 Å². The van der Waals surface area contributed by atoms with E-state index in [4.69, 9.17) is 0 Å². The lowest BCUT2D eigenvalue weighted by Gasteiger charge is -2.06. The predicted octanol–water partition coefficient (Wildman–Crippen LogP) is 3.70. The molecule has 0 amide bonds. The topological polar surface area (TPSA) is 73.6 Å². The van der Waals surface area contributed by atoms with Gasteiger partial charge in [0.05, 0.1) is 11.0 Å². The highest BCUT2D eigenvalue weighted by Gasteiger charge is 2.04. The van der Waals surface area contributed by atoms with E-state index in [0.29, 0.717) is 19.5 Å². The molecule has 0 aliphatic heterocycles. The number of nitrogens with zero attached hydrogens (tertiary/aromatic N) is 1. The van der Waals surface area contributed by atoms with Crippen molar-refractivity contribution < 1.29 is 4.39 Å². The van der Waals surface area contributed by atoms with Crippen LogP contribution < -0.4 is 11.0 Å². The SMILES string of the molecule is CCCC(F)/C=C\CNCc1cncc(-c2ccc3[nH]c(=O)[nH]c3c2)c1. The van der Waals surface area contributed by atoms with Crippen molar-refractivity contribution in [3.05, 3.63) is 64.9 Å². The molecule has 1 atom stereocenters. The minimum atomic E-state index is -0.860. The van der Waals surface area contributed by atoms with E-state index in [1.807, 2.05) is 37.4 Å². The smallest absolute Gasteiger partial charge is 0.309 e. The molecule has 3 aromatic rings. The molecule has 2 heterocycles. The van der Waals surface area contributed by atoms with Gasteiger partial charge in [0, 0.05) is 31.0 Å². The van der Waals surface area contributed by atoms with E-state index in [-0.39, 0.29) is 5.69 Å². The second kappa shape index (κ2) is 8.58. The molecule has 0 aliphatic rings. The Bertz CT molecular complexity index is 944. The average Bonchev–Trinajstić information content (AvgIpc) is 3.01. The molecule has 0 radical (unpaired) electrons. The number of H-pyrrole nitrogens is 2. The van der Waals surface area contributed by atoms with Crippen molar-refractivity contribution in [2.45, 2.75) is 32.5 Å². The molecule has 3 rings (SSSR count). The van der Waals surface area contributed by atoms with Gasteiger partial charge in [-0.1, -0.05) is 31.6 Å². The summed E-state index contributed by atoms with van der Waals surface area (Å²) in [6.45, 7) is 3.24. The van der Waals surface area contributed by atoms with Crippen LogP contribution in [0.2, 0.25) is 0 Å². The average molecular weight is 354 g/mol. The Morgan fingerprint density at radius 2 is 2.04 bits per heavy atom. The highest BCUT2D eigenvalue weighted by atomic mass is 19.1. The quantitative estimate of drug-likeness (QED) is 0.426. The van der Waals surface area contributed by atoms with Crippen LogP contribution in [0, 0.1) is 0 Å². The fraction of sp³-hybridized carbons (Fsp3) is 0.300. The van der Waals surface area contributed by atoms with Crippen molar-refractivity contribution in [1.82, 2.24) is 20.3 Å². The first-order valence-corrected chi connectivity index (χ1v) is 8.83. The van der Waals surface area contributed by atoms with Crippen molar-refractivity contribution in [2.24, 2.45) is 0 Å². The van der Waals surface area contributed by atoms with Gasteiger partial charge in [0.25, 0.3) is 0 Å². The fourth-order valence-electron chi connectivity index (χ4n) is 2.84. The van der Waals surface area contributed by atoms with Crippen LogP contribution >= 0.6 is 0 Å². The number of aromatic amines is 2. The molecule has 0 saturated heterocycles. The van der Waals surface area contributed by atoms with Crippen LogP contribution in [0.15, 0.2) is 53.6 Å². The molecule has 136 valence electrons. The maximum Gasteiger partial charge on any atom is 0.323 e. The summed E-state index contributed by atoms with van der Waals surface area (Å²) in [7, 11) is 0. The molecule has 5 nitrogen and oxygen atoms in total. The summed E-state index contributed by atoms with van der Waals surface area (Å²) in [5.41, 5.74) is 4.36. The normalized spacial score (nSPS) is 12.8. The van der Waals surface area contributed by atoms with Crippen molar-refractivity contribution in [2.75, 3.05) is 6.54 Å². The molecule has 0 bridgehead atoms. The van der Waals surface area contributed by atoms with Gasteiger partial charge in [-0.2, -0.15) is 0 Å². The highest BCUT2D eigenvalue weighted by molar-refractivity contribution is 5.81. The van der Waals surface area contributed by atoms with Gasteiger partial charge in [-0.3, -0.25) is 4.98 Å². The summed E-state index contributed by atoms with van der Waals surface area (Å²) >= 11 is 0. The van der Waals surface area contributed by atoms with Crippen LogP contribution in [0.25, 0.3) is 22.2 Å². The number of benzene rings is 1.